The number of nitrogens with zero attached hydrogens (tertiary/aromatic N) is 2. The monoisotopic (exact) mass is 325 g/mol. The van der Waals surface area contributed by atoms with E-state index in [0.717, 1.165) is 17.6 Å². The van der Waals surface area contributed by atoms with E-state index in [0.29, 0.717) is 24.5 Å². The zero-order chi connectivity index (χ0) is 14.0. The first-order valence-electron chi connectivity index (χ1n) is 6.89. The molecule has 1 aliphatic rings. The van der Waals surface area contributed by atoms with Crippen molar-refractivity contribution < 1.29 is 0 Å². The van der Waals surface area contributed by atoms with Crippen molar-refractivity contribution in [1.29, 1.82) is 0 Å². The van der Waals surface area contributed by atoms with Crippen LogP contribution >= 0.6 is 15.9 Å². The van der Waals surface area contributed by atoms with Crippen molar-refractivity contribution in [2.75, 3.05) is 33.7 Å². The van der Waals surface area contributed by atoms with E-state index in [1.807, 2.05) is 0 Å². The molecule has 2 rings (SSSR count). The van der Waals surface area contributed by atoms with Crippen molar-refractivity contribution >= 4 is 15.9 Å². The van der Waals surface area contributed by atoms with E-state index in [9.17, 15) is 0 Å². The van der Waals surface area contributed by atoms with Crippen LogP contribution in [0.2, 0.25) is 0 Å². The fourth-order valence-electron chi connectivity index (χ4n) is 3.13. The molecule has 0 radical (unpaired) electrons. The lowest BCUT2D eigenvalue weighted by molar-refractivity contribution is 0.219. The van der Waals surface area contributed by atoms with Crippen molar-refractivity contribution in [1.82, 2.24) is 9.80 Å². The maximum Gasteiger partial charge on any atom is 0.0482 e. The second-order valence-corrected chi connectivity index (χ2v) is 6.59. The van der Waals surface area contributed by atoms with Crippen LogP contribution in [0.5, 0.6) is 0 Å². The Morgan fingerprint density at radius 1 is 1.37 bits per heavy atom. The average Bonchev–Trinajstić information content (AvgIpc) is 2.75. The van der Waals surface area contributed by atoms with E-state index in [1.165, 1.54) is 5.56 Å². The van der Waals surface area contributed by atoms with E-state index in [2.05, 4.69) is 71.0 Å². The SMILES string of the molecule is CC1CN(C(CN)c2ccccc2Br)CC1N(C)C. The summed E-state index contributed by atoms with van der Waals surface area (Å²) in [5, 5.41) is 0. The van der Waals surface area contributed by atoms with Crippen molar-refractivity contribution in [3.05, 3.63) is 34.3 Å². The first-order chi connectivity index (χ1) is 9.04. The molecule has 1 aromatic rings. The minimum absolute atomic E-state index is 0.308. The molecule has 2 N–H and O–H groups in total. The highest BCUT2D eigenvalue weighted by molar-refractivity contribution is 9.10. The third-order valence-electron chi connectivity index (χ3n) is 4.19. The van der Waals surface area contributed by atoms with Crippen LogP contribution in [0, 0.1) is 5.92 Å². The molecule has 0 aliphatic carbocycles. The highest BCUT2D eigenvalue weighted by Gasteiger charge is 2.35. The number of benzene rings is 1. The number of likely N-dealkylation sites (tertiary alicyclic amines) is 1. The number of rotatable bonds is 4. The third-order valence-corrected chi connectivity index (χ3v) is 4.91. The van der Waals surface area contributed by atoms with Gasteiger partial charge in [-0.15, -0.1) is 0 Å². The highest BCUT2D eigenvalue weighted by atomic mass is 79.9. The van der Waals surface area contributed by atoms with Crippen LogP contribution in [0.4, 0.5) is 0 Å². The fourth-order valence-corrected chi connectivity index (χ4v) is 3.68. The van der Waals surface area contributed by atoms with E-state index >= 15 is 0 Å². The standard InChI is InChI=1S/C15H24BrN3/c1-11-9-19(10-15(11)18(2)3)14(8-17)12-6-4-5-7-13(12)16/h4-7,11,14-15H,8-10,17H2,1-3H3. The van der Waals surface area contributed by atoms with E-state index in [1.54, 1.807) is 0 Å². The second-order valence-electron chi connectivity index (χ2n) is 5.74. The summed E-state index contributed by atoms with van der Waals surface area (Å²) in [5.41, 5.74) is 7.35. The predicted molar refractivity (Wildman–Crippen MR) is 84.1 cm³/mol. The van der Waals surface area contributed by atoms with Gasteiger partial charge in [0.25, 0.3) is 0 Å². The van der Waals surface area contributed by atoms with Crippen LogP contribution in [-0.4, -0.2) is 49.6 Å². The van der Waals surface area contributed by atoms with Gasteiger partial charge in [0.15, 0.2) is 0 Å². The lowest BCUT2D eigenvalue weighted by atomic mass is 10.1. The summed E-state index contributed by atoms with van der Waals surface area (Å²) in [6.45, 7) is 5.21. The molecule has 0 bridgehead atoms. The van der Waals surface area contributed by atoms with Crippen LogP contribution in [-0.2, 0) is 0 Å². The molecule has 0 spiro atoms. The molecule has 3 unspecified atom stereocenters. The fraction of sp³-hybridized carbons (Fsp3) is 0.600. The molecule has 3 atom stereocenters. The van der Waals surface area contributed by atoms with Gasteiger partial charge in [-0.05, 0) is 31.6 Å². The number of nitrogens with two attached hydrogens (primary N) is 1. The molecule has 1 saturated heterocycles. The lowest BCUT2D eigenvalue weighted by Gasteiger charge is -2.28. The summed E-state index contributed by atoms with van der Waals surface area (Å²) in [6.07, 6.45) is 0. The van der Waals surface area contributed by atoms with Gasteiger partial charge in [0, 0.05) is 36.2 Å². The summed E-state index contributed by atoms with van der Waals surface area (Å²) >= 11 is 3.65. The molecule has 4 heteroatoms. The first kappa shape index (κ1) is 15.0. The van der Waals surface area contributed by atoms with E-state index in [4.69, 9.17) is 5.73 Å². The quantitative estimate of drug-likeness (QED) is 0.922. The first-order valence-corrected chi connectivity index (χ1v) is 7.68. The van der Waals surface area contributed by atoms with Gasteiger partial charge in [0.05, 0.1) is 0 Å². The number of likely N-dealkylation sites (N-methyl/N-ethyl adjacent to an activating group) is 1. The smallest absolute Gasteiger partial charge is 0.0482 e. The maximum atomic E-state index is 6.04. The minimum Gasteiger partial charge on any atom is -0.329 e. The molecular formula is C15H24BrN3. The molecule has 1 fully saturated rings. The Kier molecular flexibility index (Phi) is 5.01. The van der Waals surface area contributed by atoms with Crippen LogP contribution in [0.1, 0.15) is 18.5 Å². The van der Waals surface area contributed by atoms with Crippen LogP contribution in [0.3, 0.4) is 0 Å². The Labute approximate surface area is 124 Å². The molecule has 3 nitrogen and oxygen atoms in total. The van der Waals surface area contributed by atoms with Gasteiger partial charge in [-0.25, -0.2) is 0 Å². The predicted octanol–water partition coefficient (Wildman–Crippen LogP) is 2.33. The van der Waals surface area contributed by atoms with Gasteiger partial charge >= 0.3 is 0 Å². The third kappa shape index (κ3) is 3.19. The minimum atomic E-state index is 0.308. The Morgan fingerprint density at radius 2 is 2.05 bits per heavy atom. The van der Waals surface area contributed by atoms with E-state index < -0.39 is 0 Å². The molecule has 1 aliphatic heterocycles. The normalized spacial score (nSPS) is 26.0. The molecule has 0 aromatic heterocycles. The molecule has 19 heavy (non-hydrogen) atoms. The lowest BCUT2D eigenvalue weighted by Crippen LogP contribution is -2.36. The Morgan fingerprint density at radius 3 is 2.58 bits per heavy atom. The van der Waals surface area contributed by atoms with Crippen LogP contribution in [0.25, 0.3) is 0 Å². The van der Waals surface area contributed by atoms with Gasteiger partial charge < -0.3 is 10.6 Å². The Hall–Kier alpha value is -0.420. The molecular weight excluding hydrogens is 302 g/mol. The number of hydrogen-bond donors (Lipinski definition) is 1. The van der Waals surface area contributed by atoms with Gasteiger partial charge in [-0.3, -0.25) is 4.90 Å². The van der Waals surface area contributed by atoms with Gasteiger partial charge in [-0.1, -0.05) is 41.1 Å². The zero-order valence-electron chi connectivity index (χ0n) is 12.0. The average molecular weight is 326 g/mol. The van der Waals surface area contributed by atoms with Gasteiger partial charge in [0.1, 0.15) is 0 Å². The Balaban J connectivity index is 2.18. The van der Waals surface area contributed by atoms with Crippen LogP contribution < -0.4 is 5.73 Å². The molecule has 1 heterocycles. The Bertz CT molecular complexity index is 422. The largest absolute Gasteiger partial charge is 0.329 e. The molecule has 0 amide bonds. The van der Waals surface area contributed by atoms with Gasteiger partial charge in [0.2, 0.25) is 0 Å². The number of hydrogen-bond acceptors (Lipinski definition) is 3. The van der Waals surface area contributed by atoms with E-state index in [-0.39, 0.29) is 0 Å². The molecule has 106 valence electrons. The second kappa shape index (κ2) is 6.35. The summed E-state index contributed by atoms with van der Waals surface area (Å²) < 4.78 is 1.16. The van der Waals surface area contributed by atoms with Crippen molar-refractivity contribution in [3.63, 3.8) is 0 Å². The van der Waals surface area contributed by atoms with Crippen molar-refractivity contribution in [2.45, 2.75) is 19.0 Å². The van der Waals surface area contributed by atoms with Gasteiger partial charge in [-0.2, -0.15) is 0 Å². The highest BCUT2D eigenvalue weighted by Crippen LogP contribution is 2.32. The number of halogens is 1. The topological polar surface area (TPSA) is 32.5 Å². The van der Waals surface area contributed by atoms with Crippen molar-refractivity contribution in [2.24, 2.45) is 11.7 Å². The zero-order valence-corrected chi connectivity index (χ0v) is 13.6. The molecule has 1 aromatic carbocycles. The van der Waals surface area contributed by atoms with Crippen molar-refractivity contribution in [3.8, 4) is 0 Å². The summed E-state index contributed by atoms with van der Waals surface area (Å²) in [6, 6.07) is 9.35. The maximum absolute atomic E-state index is 6.04. The summed E-state index contributed by atoms with van der Waals surface area (Å²) in [5.74, 6) is 0.687. The summed E-state index contributed by atoms with van der Waals surface area (Å²) in [7, 11) is 4.33. The molecule has 0 saturated carbocycles. The van der Waals surface area contributed by atoms with Crippen LogP contribution in [0.15, 0.2) is 28.7 Å². The summed E-state index contributed by atoms with van der Waals surface area (Å²) in [4.78, 5) is 4.85.